The zero-order chi connectivity index (χ0) is 14.1. The molecule has 0 aliphatic heterocycles. The lowest BCUT2D eigenvalue weighted by Crippen LogP contribution is -2.32. The lowest BCUT2D eigenvalue weighted by molar-refractivity contribution is 0.459. The first-order chi connectivity index (χ1) is 9.21. The van der Waals surface area contributed by atoms with Gasteiger partial charge >= 0.3 is 0 Å². The van der Waals surface area contributed by atoms with Crippen molar-refractivity contribution in [2.24, 2.45) is 0 Å². The monoisotopic (exact) mass is 283 g/mol. The van der Waals surface area contributed by atoms with Crippen LogP contribution in [-0.2, 0) is 6.42 Å². The Labute approximate surface area is 122 Å². The van der Waals surface area contributed by atoms with E-state index in [9.17, 15) is 0 Å². The third-order valence-corrected chi connectivity index (χ3v) is 4.16. The summed E-state index contributed by atoms with van der Waals surface area (Å²) >= 11 is 1.92. The van der Waals surface area contributed by atoms with Crippen molar-refractivity contribution in [2.45, 2.75) is 58.5 Å². The highest BCUT2D eigenvalue weighted by atomic mass is 32.2. The number of nitrogens with zero attached hydrogens (tertiary/aromatic N) is 2. The van der Waals surface area contributed by atoms with Gasteiger partial charge in [-0.25, -0.2) is 0 Å². The van der Waals surface area contributed by atoms with Crippen LogP contribution in [0.2, 0.25) is 0 Å². The molecule has 0 aliphatic carbocycles. The topological polar surface area (TPSA) is 29.9 Å². The molecule has 0 aromatic carbocycles. The molecule has 0 saturated heterocycles. The Morgan fingerprint density at radius 2 is 2.21 bits per heavy atom. The molecule has 1 rings (SSSR count). The van der Waals surface area contributed by atoms with Crippen molar-refractivity contribution in [1.29, 1.82) is 0 Å². The summed E-state index contributed by atoms with van der Waals surface area (Å²) in [6, 6.07) is 3.24. The van der Waals surface area contributed by atoms with Gasteiger partial charge in [0.15, 0.2) is 0 Å². The van der Waals surface area contributed by atoms with E-state index in [0.717, 1.165) is 19.4 Å². The van der Waals surface area contributed by atoms with Gasteiger partial charge in [0.1, 0.15) is 0 Å². The van der Waals surface area contributed by atoms with E-state index < -0.39 is 0 Å². The summed E-state index contributed by atoms with van der Waals surface area (Å²) < 4.78 is 2.10. The molecule has 4 heteroatoms. The van der Waals surface area contributed by atoms with E-state index in [4.69, 9.17) is 5.10 Å². The summed E-state index contributed by atoms with van der Waals surface area (Å²) in [5.41, 5.74) is 1.22. The van der Waals surface area contributed by atoms with Gasteiger partial charge in [-0.15, -0.1) is 0 Å². The molecule has 2 unspecified atom stereocenters. The molecule has 0 aliphatic rings. The van der Waals surface area contributed by atoms with Crippen LogP contribution in [0, 0.1) is 0 Å². The van der Waals surface area contributed by atoms with Gasteiger partial charge < -0.3 is 5.32 Å². The Morgan fingerprint density at radius 1 is 1.42 bits per heavy atom. The van der Waals surface area contributed by atoms with Crippen LogP contribution < -0.4 is 5.32 Å². The van der Waals surface area contributed by atoms with Gasteiger partial charge in [-0.05, 0) is 50.8 Å². The predicted octanol–water partition coefficient (Wildman–Crippen LogP) is 3.52. The highest BCUT2D eigenvalue weighted by Gasteiger charge is 2.11. The maximum Gasteiger partial charge on any atom is 0.0640 e. The van der Waals surface area contributed by atoms with E-state index in [0.29, 0.717) is 12.1 Å². The van der Waals surface area contributed by atoms with E-state index in [2.05, 4.69) is 49.3 Å². The Morgan fingerprint density at radius 3 is 2.84 bits per heavy atom. The van der Waals surface area contributed by atoms with Gasteiger partial charge in [-0.1, -0.05) is 13.8 Å². The van der Waals surface area contributed by atoms with Crippen molar-refractivity contribution >= 4 is 11.8 Å². The second-order valence-corrected chi connectivity index (χ2v) is 6.17. The van der Waals surface area contributed by atoms with Gasteiger partial charge in [0.25, 0.3) is 0 Å². The standard InChI is InChI=1S/C15H29N3S/c1-5-9-16-14(8-11-19-4)12-15-7-10-18(17-15)13(3)6-2/h7,10,13-14,16H,5-6,8-9,11-12H2,1-4H3. The predicted molar refractivity (Wildman–Crippen MR) is 86.0 cm³/mol. The van der Waals surface area contributed by atoms with E-state index in [1.54, 1.807) is 0 Å². The molecule has 0 amide bonds. The number of aromatic nitrogens is 2. The Hall–Kier alpha value is -0.480. The van der Waals surface area contributed by atoms with Crippen LogP contribution in [0.1, 0.15) is 51.8 Å². The summed E-state index contributed by atoms with van der Waals surface area (Å²) in [5, 5.41) is 8.35. The minimum absolute atomic E-state index is 0.502. The summed E-state index contributed by atoms with van der Waals surface area (Å²) in [6.45, 7) is 7.74. The number of rotatable bonds is 10. The molecule has 0 radical (unpaired) electrons. The molecule has 1 aromatic heterocycles. The lowest BCUT2D eigenvalue weighted by atomic mass is 10.1. The van der Waals surface area contributed by atoms with Crippen molar-refractivity contribution in [3.63, 3.8) is 0 Å². The van der Waals surface area contributed by atoms with Gasteiger partial charge in [0, 0.05) is 24.7 Å². The third-order valence-electron chi connectivity index (χ3n) is 3.51. The number of hydrogen-bond acceptors (Lipinski definition) is 3. The molecular weight excluding hydrogens is 254 g/mol. The van der Waals surface area contributed by atoms with E-state index in [-0.39, 0.29) is 0 Å². The second-order valence-electron chi connectivity index (χ2n) is 5.18. The summed E-state index contributed by atoms with van der Waals surface area (Å²) in [7, 11) is 0. The quantitative estimate of drug-likeness (QED) is 0.712. The van der Waals surface area contributed by atoms with E-state index in [1.807, 2.05) is 11.8 Å². The van der Waals surface area contributed by atoms with E-state index >= 15 is 0 Å². The average Bonchev–Trinajstić information content (AvgIpc) is 2.89. The van der Waals surface area contributed by atoms with Gasteiger partial charge in [-0.2, -0.15) is 16.9 Å². The van der Waals surface area contributed by atoms with Crippen LogP contribution in [-0.4, -0.2) is 34.4 Å². The highest BCUT2D eigenvalue weighted by molar-refractivity contribution is 7.98. The van der Waals surface area contributed by atoms with Crippen LogP contribution in [0.5, 0.6) is 0 Å². The molecule has 1 N–H and O–H groups in total. The van der Waals surface area contributed by atoms with Crippen LogP contribution in [0.4, 0.5) is 0 Å². The molecule has 0 spiro atoms. The van der Waals surface area contributed by atoms with Crippen molar-refractivity contribution in [3.05, 3.63) is 18.0 Å². The summed E-state index contributed by atoms with van der Waals surface area (Å²) in [5.74, 6) is 1.22. The smallest absolute Gasteiger partial charge is 0.0640 e. The fourth-order valence-electron chi connectivity index (χ4n) is 2.06. The third kappa shape index (κ3) is 6.00. The highest BCUT2D eigenvalue weighted by Crippen LogP contribution is 2.12. The van der Waals surface area contributed by atoms with Gasteiger partial charge in [-0.3, -0.25) is 4.68 Å². The number of hydrogen-bond donors (Lipinski definition) is 1. The lowest BCUT2D eigenvalue weighted by Gasteiger charge is -2.17. The van der Waals surface area contributed by atoms with E-state index in [1.165, 1.54) is 24.3 Å². The van der Waals surface area contributed by atoms with Crippen LogP contribution in [0.3, 0.4) is 0 Å². The molecule has 0 bridgehead atoms. The molecule has 0 fully saturated rings. The van der Waals surface area contributed by atoms with Gasteiger partial charge in [0.05, 0.1) is 5.69 Å². The summed E-state index contributed by atoms with van der Waals surface area (Å²) in [6.07, 6.45) is 8.88. The summed E-state index contributed by atoms with van der Waals surface area (Å²) in [4.78, 5) is 0. The maximum absolute atomic E-state index is 4.71. The minimum Gasteiger partial charge on any atom is -0.314 e. The SMILES string of the molecule is CCCNC(CCSC)Cc1ccn(C(C)CC)n1. The molecule has 1 heterocycles. The second kappa shape index (κ2) is 9.43. The van der Waals surface area contributed by atoms with Crippen molar-refractivity contribution in [2.75, 3.05) is 18.6 Å². The fraction of sp³-hybridized carbons (Fsp3) is 0.800. The maximum atomic E-state index is 4.71. The molecule has 3 nitrogen and oxygen atoms in total. The zero-order valence-corrected chi connectivity index (χ0v) is 13.7. The minimum atomic E-state index is 0.502. The zero-order valence-electron chi connectivity index (χ0n) is 12.9. The average molecular weight is 283 g/mol. The molecule has 0 saturated carbocycles. The molecule has 110 valence electrons. The molecule has 19 heavy (non-hydrogen) atoms. The van der Waals surface area contributed by atoms with Crippen LogP contribution in [0.15, 0.2) is 12.3 Å². The van der Waals surface area contributed by atoms with Gasteiger partial charge in [0.2, 0.25) is 0 Å². The van der Waals surface area contributed by atoms with Crippen molar-refractivity contribution in [1.82, 2.24) is 15.1 Å². The van der Waals surface area contributed by atoms with Crippen LogP contribution in [0.25, 0.3) is 0 Å². The number of thioether (sulfide) groups is 1. The Kier molecular flexibility index (Phi) is 8.22. The Balaban J connectivity index is 2.54. The first-order valence-corrected chi connectivity index (χ1v) is 8.86. The number of nitrogens with one attached hydrogen (secondary N) is 1. The van der Waals surface area contributed by atoms with Crippen LogP contribution >= 0.6 is 11.8 Å². The fourth-order valence-corrected chi connectivity index (χ4v) is 2.58. The molecule has 2 atom stereocenters. The largest absolute Gasteiger partial charge is 0.314 e. The molecule has 1 aromatic rings. The van der Waals surface area contributed by atoms with Crippen molar-refractivity contribution < 1.29 is 0 Å². The normalized spacial score (nSPS) is 14.5. The van der Waals surface area contributed by atoms with Crippen molar-refractivity contribution in [3.8, 4) is 0 Å². The first kappa shape index (κ1) is 16.6. The first-order valence-electron chi connectivity index (χ1n) is 7.47. The Bertz CT molecular complexity index is 330. The molecular formula is C15H29N3S.